The number of likely N-dealkylation sites (N-methyl/N-ethyl adjacent to an activating group) is 1. The monoisotopic (exact) mass is 437 g/mol. The first-order valence-electron chi connectivity index (χ1n) is 9.89. The zero-order valence-corrected chi connectivity index (χ0v) is 17.1. The van der Waals surface area contributed by atoms with Crippen LogP contribution in [0.2, 0.25) is 0 Å². The van der Waals surface area contributed by atoms with Gasteiger partial charge in [-0.3, -0.25) is 19.4 Å². The fourth-order valence-corrected chi connectivity index (χ4v) is 3.72. The summed E-state index contributed by atoms with van der Waals surface area (Å²) in [6.07, 6.45) is -5.67. The van der Waals surface area contributed by atoms with Crippen LogP contribution in [-0.4, -0.2) is 42.0 Å². The van der Waals surface area contributed by atoms with Crippen LogP contribution in [0.15, 0.2) is 48.5 Å². The molecule has 0 saturated carbocycles. The molecule has 3 rings (SSSR count). The fraction of sp³-hybridized carbons (Fsp3) is 0.364. The fourth-order valence-electron chi connectivity index (χ4n) is 3.72. The third kappa shape index (κ3) is 5.04. The van der Waals surface area contributed by atoms with Gasteiger partial charge >= 0.3 is 6.18 Å². The van der Waals surface area contributed by atoms with E-state index in [0.717, 1.165) is 5.56 Å². The molecule has 2 amide bonds. The van der Waals surface area contributed by atoms with Crippen molar-refractivity contribution in [2.24, 2.45) is 0 Å². The van der Waals surface area contributed by atoms with E-state index >= 15 is 0 Å². The van der Waals surface area contributed by atoms with E-state index in [9.17, 15) is 27.2 Å². The van der Waals surface area contributed by atoms with Gasteiger partial charge in [-0.25, -0.2) is 4.39 Å². The van der Waals surface area contributed by atoms with Crippen LogP contribution in [0.3, 0.4) is 0 Å². The maximum atomic E-state index is 13.9. The third-order valence-corrected chi connectivity index (χ3v) is 5.42. The summed E-state index contributed by atoms with van der Waals surface area (Å²) in [5.41, 5.74) is 0.893. The molecule has 0 fully saturated rings. The Bertz CT molecular complexity index is 947. The minimum atomic E-state index is -4.79. The topological polar surface area (TPSA) is 52.7 Å². The molecule has 2 unspecified atom stereocenters. The van der Waals surface area contributed by atoms with Crippen LogP contribution < -0.4 is 10.2 Å². The van der Waals surface area contributed by atoms with Crippen molar-refractivity contribution >= 4 is 23.2 Å². The molecule has 1 heterocycles. The first-order chi connectivity index (χ1) is 14.6. The van der Waals surface area contributed by atoms with E-state index in [0.29, 0.717) is 11.4 Å². The molecular weight excluding hydrogens is 414 g/mol. The summed E-state index contributed by atoms with van der Waals surface area (Å²) >= 11 is 0. The van der Waals surface area contributed by atoms with Crippen LogP contribution in [-0.2, 0) is 9.59 Å². The third-order valence-electron chi connectivity index (χ3n) is 5.42. The number of nitrogens with one attached hydrogen (secondary N) is 1. The molecule has 0 bridgehead atoms. The molecule has 1 aliphatic heterocycles. The number of alkyl halides is 3. The average Bonchev–Trinajstić information content (AvgIpc) is 2.87. The molecule has 0 aliphatic carbocycles. The zero-order valence-electron chi connectivity index (χ0n) is 17.1. The largest absolute Gasteiger partial charge is 0.409 e. The van der Waals surface area contributed by atoms with Crippen LogP contribution in [0.25, 0.3) is 0 Å². The summed E-state index contributed by atoms with van der Waals surface area (Å²) in [4.78, 5) is 27.7. The second-order valence-corrected chi connectivity index (χ2v) is 7.38. The first kappa shape index (κ1) is 22.7. The van der Waals surface area contributed by atoms with Crippen molar-refractivity contribution in [1.29, 1.82) is 0 Å². The lowest BCUT2D eigenvalue weighted by molar-refractivity contribution is -0.158. The molecule has 0 radical (unpaired) electrons. The predicted molar refractivity (Wildman–Crippen MR) is 109 cm³/mol. The van der Waals surface area contributed by atoms with E-state index in [1.807, 2.05) is 0 Å². The van der Waals surface area contributed by atoms with Crippen LogP contribution in [0.1, 0.15) is 31.9 Å². The molecule has 166 valence electrons. The van der Waals surface area contributed by atoms with Crippen molar-refractivity contribution in [3.63, 3.8) is 0 Å². The van der Waals surface area contributed by atoms with Crippen molar-refractivity contribution in [3.8, 4) is 0 Å². The smallest absolute Gasteiger partial charge is 0.324 e. The number of hydrogen-bond donors (Lipinski definition) is 1. The highest BCUT2D eigenvalue weighted by Gasteiger charge is 2.49. The highest BCUT2D eigenvalue weighted by Crippen LogP contribution is 2.38. The maximum Gasteiger partial charge on any atom is 0.409 e. The molecule has 0 saturated heterocycles. The number of anilines is 2. The highest BCUT2D eigenvalue weighted by atomic mass is 19.4. The van der Waals surface area contributed by atoms with E-state index in [1.165, 1.54) is 30.3 Å². The van der Waals surface area contributed by atoms with Crippen molar-refractivity contribution in [2.75, 3.05) is 23.3 Å². The highest BCUT2D eigenvalue weighted by molar-refractivity contribution is 6.05. The summed E-state index contributed by atoms with van der Waals surface area (Å²) in [5, 5.41) is 2.45. The van der Waals surface area contributed by atoms with Crippen LogP contribution in [0, 0.1) is 5.82 Å². The van der Waals surface area contributed by atoms with Gasteiger partial charge in [0.2, 0.25) is 11.8 Å². The van der Waals surface area contributed by atoms with Gasteiger partial charge in [0, 0.05) is 6.04 Å². The van der Waals surface area contributed by atoms with Gasteiger partial charge in [-0.2, -0.15) is 13.2 Å². The Kier molecular flexibility index (Phi) is 6.64. The van der Waals surface area contributed by atoms with E-state index in [1.54, 1.807) is 36.9 Å². The lowest BCUT2D eigenvalue weighted by atomic mass is 10.1. The SMILES string of the molecule is CCN(CC(=O)N1c2ccccc2NC(=O)CC1C(F)(F)F)C(C)c1ccc(F)cc1. The van der Waals surface area contributed by atoms with Crippen LogP contribution in [0.4, 0.5) is 28.9 Å². The lowest BCUT2D eigenvalue weighted by Gasteiger charge is -2.35. The number of benzene rings is 2. The lowest BCUT2D eigenvalue weighted by Crippen LogP contribution is -2.52. The molecular formula is C22H23F4N3O2. The molecule has 0 aromatic heterocycles. The predicted octanol–water partition coefficient (Wildman–Crippen LogP) is 4.51. The number of halogens is 4. The summed E-state index contributed by atoms with van der Waals surface area (Å²) in [6.45, 7) is 3.67. The second-order valence-electron chi connectivity index (χ2n) is 7.38. The summed E-state index contributed by atoms with van der Waals surface area (Å²) in [7, 11) is 0. The van der Waals surface area contributed by atoms with Crippen molar-refractivity contribution in [1.82, 2.24) is 4.90 Å². The molecule has 2 atom stereocenters. The molecule has 9 heteroatoms. The Morgan fingerprint density at radius 1 is 1.19 bits per heavy atom. The quantitative estimate of drug-likeness (QED) is 0.700. The Morgan fingerprint density at radius 3 is 2.45 bits per heavy atom. The molecule has 0 spiro atoms. The van der Waals surface area contributed by atoms with Gasteiger partial charge < -0.3 is 5.32 Å². The molecule has 1 N–H and O–H groups in total. The summed E-state index contributed by atoms with van der Waals surface area (Å²) in [6, 6.07) is 9.08. The van der Waals surface area contributed by atoms with Gasteiger partial charge in [0.15, 0.2) is 0 Å². The van der Waals surface area contributed by atoms with Crippen molar-refractivity contribution in [2.45, 2.75) is 38.5 Å². The molecule has 1 aliphatic rings. The molecule has 31 heavy (non-hydrogen) atoms. The number of carbonyl (C=O) groups is 2. The molecule has 2 aromatic rings. The number of rotatable bonds is 5. The minimum Gasteiger partial charge on any atom is -0.324 e. The van der Waals surface area contributed by atoms with Crippen molar-refractivity contribution in [3.05, 3.63) is 59.9 Å². The second kappa shape index (κ2) is 9.05. The van der Waals surface area contributed by atoms with Gasteiger partial charge in [-0.15, -0.1) is 0 Å². The Hall–Kier alpha value is -2.94. The normalized spacial score (nSPS) is 17.7. The van der Waals surface area contributed by atoms with Crippen molar-refractivity contribution < 1.29 is 27.2 Å². The Balaban J connectivity index is 1.94. The van der Waals surface area contributed by atoms with Gasteiger partial charge in [0.25, 0.3) is 0 Å². The maximum absolute atomic E-state index is 13.9. The number of nitrogens with zero attached hydrogens (tertiary/aromatic N) is 2. The molecule has 2 aromatic carbocycles. The van der Waals surface area contributed by atoms with Gasteiger partial charge in [-0.1, -0.05) is 31.2 Å². The van der Waals surface area contributed by atoms with Gasteiger partial charge in [0.05, 0.1) is 24.3 Å². The number of para-hydroxylation sites is 2. The van der Waals surface area contributed by atoms with Crippen LogP contribution in [0.5, 0.6) is 0 Å². The number of amides is 2. The zero-order chi connectivity index (χ0) is 22.8. The first-order valence-corrected chi connectivity index (χ1v) is 9.89. The van der Waals surface area contributed by atoms with E-state index in [4.69, 9.17) is 0 Å². The molecule has 5 nitrogen and oxygen atoms in total. The van der Waals surface area contributed by atoms with Gasteiger partial charge in [0.1, 0.15) is 11.9 Å². The van der Waals surface area contributed by atoms with E-state index in [2.05, 4.69) is 5.32 Å². The Morgan fingerprint density at radius 2 is 1.84 bits per heavy atom. The Labute approximate surface area is 177 Å². The van der Waals surface area contributed by atoms with E-state index < -0.39 is 36.3 Å². The number of hydrogen-bond acceptors (Lipinski definition) is 3. The van der Waals surface area contributed by atoms with Gasteiger partial charge in [-0.05, 0) is 43.3 Å². The standard InChI is InChI=1S/C22H23F4N3O2/c1-3-28(14(2)15-8-10-16(23)11-9-15)13-21(31)29-18-7-5-4-6-17(18)27-20(30)12-19(29)22(24,25)26/h4-11,14,19H,3,12-13H2,1-2H3,(H,27,30). The number of carbonyl (C=O) groups excluding carboxylic acids is 2. The minimum absolute atomic E-state index is 0.00571. The summed E-state index contributed by atoms with van der Waals surface area (Å²) in [5.74, 6) is -1.99. The van der Waals surface area contributed by atoms with E-state index in [-0.39, 0.29) is 24.0 Å². The van der Waals surface area contributed by atoms with Crippen LogP contribution >= 0.6 is 0 Å². The average molecular weight is 437 g/mol. The summed E-state index contributed by atoms with van der Waals surface area (Å²) < 4.78 is 54.8. The number of fused-ring (bicyclic) bond motifs is 1.